The summed E-state index contributed by atoms with van der Waals surface area (Å²) in [5.74, 6) is 0.0843. The lowest BCUT2D eigenvalue weighted by Gasteiger charge is -2.09. The molecule has 0 unspecified atom stereocenters. The minimum atomic E-state index is -0.389. The van der Waals surface area contributed by atoms with E-state index in [1.54, 1.807) is 30.5 Å². The van der Waals surface area contributed by atoms with E-state index in [9.17, 15) is 4.79 Å². The molecule has 10 heteroatoms. The van der Waals surface area contributed by atoms with Crippen LogP contribution < -0.4 is 10.6 Å². The van der Waals surface area contributed by atoms with Gasteiger partial charge in [-0.15, -0.1) is 11.3 Å². The van der Waals surface area contributed by atoms with Crippen molar-refractivity contribution in [2.24, 2.45) is 0 Å². The van der Waals surface area contributed by atoms with E-state index in [0.717, 1.165) is 15.6 Å². The number of nitrogens with one attached hydrogen (secondary N) is 2. The predicted octanol–water partition coefficient (Wildman–Crippen LogP) is 6.54. The number of thiophene rings is 1. The molecule has 5 aromatic rings. The lowest BCUT2D eigenvalue weighted by Crippen LogP contribution is -2.33. The van der Waals surface area contributed by atoms with Gasteiger partial charge in [0.05, 0.1) is 5.02 Å². The quantitative estimate of drug-likeness (QED) is 0.275. The highest BCUT2D eigenvalue weighted by Gasteiger charge is 2.18. The van der Waals surface area contributed by atoms with Gasteiger partial charge in [-0.05, 0) is 60.7 Å². The number of rotatable bonds is 3. The SMILES string of the molecule is O=C(NC(=S)Nc1ccc(-c2nc3ncccc3o2)cc1)c1sc2cc(Cl)ccc2c1Cl. The van der Waals surface area contributed by atoms with Gasteiger partial charge in [-0.2, -0.15) is 4.98 Å². The van der Waals surface area contributed by atoms with Gasteiger partial charge in [-0.1, -0.05) is 29.3 Å². The summed E-state index contributed by atoms with van der Waals surface area (Å²) in [5, 5.41) is 7.53. The number of halogens is 2. The number of carbonyl (C=O) groups is 1. The van der Waals surface area contributed by atoms with Crippen LogP contribution in [0, 0.1) is 0 Å². The maximum absolute atomic E-state index is 12.7. The van der Waals surface area contributed by atoms with E-state index in [-0.39, 0.29) is 11.0 Å². The standard InChI is InChI=1S/C22H12Cl2N4O2S2/c23-12-5-8-14-16(10-12)32-18(17(14)24)20(29)28-22(31)26-13-6-3-11(4-7-13)21-27-19-15(30-21)2-1-9-25-19/h1-10H,(H2,26,28,29,31). The first kappa shape index (κ1) is 20.8. The highest BCUT2D eigenvalue weighted by Crippen LogP contribution is 2.36. The van der Waals surface area contributed by atoms with Crippen LogP contribution in [0.5, 0.6) is 0 Å². The van der Waals surface area contributed by atoms with Crippen LogP contribution in [0.3, 0.4) is 0 Å². The molecule has 3 aromatic heterocycles. The second kappa shape index (κ2) is 8.48. The summed E-state index contributed by atoms with van der Waals surface area (Å²) in [7, 11) is 0. The van der Waals surface area contributed by atoms with Crippen molar-refractivity contribution >= 4 is 84.8 Å². The number of pyridine rings is 1. The fourth-order valence-corrected chi connectivity index (χ4v) is 4.99. The Labute approximate surface area is 201 Å². The molecule has 3 heterocycles. The number of anilines is 1. The highest BCUT2D eigenvalue weighted by molar-refractivity contribution is 7.80. The summed E-state index contributed by atoms with van der Waals surface area (Å²) in [4.78, 5) is 21.6. The van der Waals surface area contributed by atoms with E-state index in [1.165, 1.54) is 11.3 Å². The van der Waals surface area contributed by atoms with Crippen LogP contribution in [0.25, 0.3) is 32.8 Å². The molecule has 1 amide bonds. The first-order valence-electron chi connectivity index (χ1n) is 9.30. The molecule has 0 saturated heterocycles. The lowest BCUT2D eigenvalue weighted by molar-refractivity contribution is 0.0982. The van der Waals surface area contributed by atoms with Crippen LogP contribution in [0.4, 0.5) is 5.69 Å². The van der Waals surface area contributed by atoms with Crippen LogP contribution >= 0.6 is 46.8 Å². The summed E-state index contributed by atoms with van der Waals surface area (Å²) < 4.78 is 6.55. The predicted molar refractivity (Wildman–Crippen MR) is 133 cm³/mol. The second-order valence-electron chi connectivity index (χ2n) is 6.72. The van der Waals surface area contributed by atoms with Crippen LogP contribution in [-0.2, 0) is 0 Å². The number of hydrogen-bond acceptors (Lipinski definition) is 6. The number of nitrogens with zero attached hydrogens (tertiary/aromatic N) is 2. The van der Waals surface area contributed by atoms with Gasteiger partial charge in [0.25, 0.3) is 5.91 Å². The van der Waals surface area contributed by atoms with E-state index >= 15 is 0 Å². The molecular formula is C22H12Cl2N4O2S2. The average molecular weight is 499 g/mol. The fourth-order valence-electron chi connectivity index (χ4n) is 3.10. The third kappa shape index (κ3) is 4.05. The van der Waals surface area contributed by atoms with Gasteiger partial charge in [-0.25, -0.2) is 4.98 Å². The number of aromatic nitrogens is 2. The number of oxazole rings is 1. The molecule has 0 aliphatic carbocycles. The zero-order valence-corrected chi connectivity index (χ0v) is 19.2. The lowest BCUT2D eigenvalue weighted by atomic mass is 10.2. The van der Waals surface area contributed by atoms with Gasteiger partial charge < -0.3 is 9.73 Å². The van der Waals surface area contributed by atoms with E-state index in [1.807, 2.05) is 30.3 Å². The molecule has 0 aliphatic heterocycles. The summed E-state index contributed by atoms with van der Waals surface area (Å²) >= 11 is 18.9. The Hall–Kier alpha value is -3.04. The Kier molecular flexibility index (Phi) is 5.52. The minimum Gasteiger partial charge on any atom is -0.434 e. The molecule has 0 aliphatic rings. The van der Waals surface area contributed by atoms with Crippen molar-refractivity contribution in [1.29, 1.82) is 0 Å². The minimum absolute atomic E-state index is 0.153. The highest BCUT2D eigenvalue weighted by atomic mass is 35.5. The first-order valence-corrected chi connectivity index (χ1v) is 11.3. The Morgan fingerprint density at radius 1 is 1.09 bits per heavy atom. The second-order valence-corrected chi connectivity index (χ2v) is 8.99. The molecular weight excluding hydrogens is 487 g/mol. The monoisotopic (exact) mass is 498 g/mol. The molecule has 0 spiro atoms. The summed E-state index contributed by atoms with van der Waals surface area (Å²) in [6.45, 7) is 0. The molecule has 5 rings (SSSR count). The molecule has 0 radical (unpaired) electrons. The Bertz CT molecular complexity index is 1460. The first-order chi connectivity index (χ1) is 15.5. The number of fused-ring (bicyclic) bond motifs is 2. The molecule has 0 fully saturated rings. The fraction of sp³-hybridized carbons (Fsp3) is 0. The zero-order valence-electron chi connectivity index (χ0n) is 16.1. The van der Waals surface area contributed by atoms with Gasteiger partial charge in [0, 0.05) is 32.6 Å². The maximum Gasteiger partial charge on any atom is 0.269 e. The number of carbonyl (C=O) groups excluding carboxylic acids is 1. The molecule has 2 N–H and O–H groups in total. The summed E-state index contributed by atoms with van der Waals surface area (Å²) in [5.41, 5.74) is 2.66. The third-order valence-electron chi connectivity index (χ3n) is 4.58. The third-order valence-corrected chi connectivity index (χ3v) is 6.67. The van der Waals surface area contributed by atoms with Crippen LogP contribution in [-0.4, -0.2) is 21.0 Å². The Morgan fingerprint density at radius 3 is 2.69 bits per heavy atom. The van der Waals surface area contributed by atoms with Crippen molar-refractivity contribution in [2.45, 2.75) is 0 Å². The van der Waals surface area contributed by atoms with Crippen molar-refractivity contribution in [3.05, 3.63) is 75.7 Å². The topological polar surface area (TPSA) is 80.0 Å². The van der Waals surface area contributed by atoms with Crippen molar-refractivity contribution < 1.29 is 9.21 Å². The van der Waals surface area contributed by atoms with Crippen molar-refractivity contribution in [3.8, 4) is 11.5 Å². The van der Waals surface area contributed by atoms with Gasteiger partial charge in [0.15, 0.2) is 16.3 Å². The average Bonchev–Trinajstić information content (AvgIpc) is 3.35. The normalized spacial score (nSPS) is 11.1. The van der Waals surface area contributed by atoms with E-state index in [2.05, 4.69) is 20.6 Å². The Balaban J connectivity index is 1.28. The van der Waals surface area contributed by atoms with Gasteiger partial charge in [0.2, 0.25) is 5.89 Å². The molecule has 0 saturated carbocycles. The molecule has 32 heavy (non-hydrogen) atoms. The number of hydrogen-bond donors (Lipinski definition) is 2. The van der Waals surface area contributed by atoms with Crippen LogP contribution in [0.1, 0.15) is 9.67 Å². The summed E-state index contributed by atoms with van der Waals surface area (Å²) in [6.07, 6.45) is 1.66. The van der Waals surface area contributed by atoms with Crippen molar-refractivity contribution in [2.75, 3.05) is 5.32 Å². The Morgan fingerprint density at radius 2 is 1.91 bits per heavy atom. The van der Waals surface area contributed by atoms with E-state index < -0.39 is 0 Å². The van der Waals surface area contributed by atoms with E-state index in [0.29, 0.717) is 37.7 Å². The van der Waals surface area contributed by atoms with Crippen molar-refractivity contribution in [3.63, 3.8) is 0 Å². The zero-order chi connectivity index (χ0) is 22.2. The van der Waals surface area contributed by atoms with Crippen LogP contribution in [0.2, 0.25) is 10.0 Å². The molecule has 6 nitrogen and oxygen atoms in total. The number of benzene rings is 2. The number of amides is 1. The van der Waals surface area contributed by atoms with Gasteiger partial charge in [-0.3, -0.25) is 10.1 Å². The smallest absolute Gasteiger partial charge is 0.269 e. The molecule has 158 valence electrons. The van der Waals surface area contributed by atoms with Gasteiger partial charge >= 0.3 is 0 Å². The van der Waals surface area contributed by atoms with Crippen molar-refractivity contribution in [1.82, 2.24) is 15.3 Å². The van der Waals surface area contributed by atoms with Gasteiger partial charge in [0.1, 0.15) is 4.88 Å². The summed E-state index contributed by atoms with van der Waals surface area (Å²) in [6, 6.07) is 16.2. The van der Waals surface area contributed by atoms with E-state index in [4.69, 9.17) is 39.8 Å². The largest absolute Gasteiger partial charge is 0.434 e. The molecule has 2 aromatic carbocycles. The molecule has 0 bridgehead atoms. The molecule has 0 atom stereocenters. The number of thiocarbonyl (C=S) groups is 1. The van der Waals surface area contributed by atoms with Crippen LogP contribution in [0.15, 0.2) is 65.2 Å². The maximum atomic E-state index is 12.7.